The lowest BCUT2D eigenvalue weighted by Gasteiger charge is -1.93. The number of rotatable bonds is 1. The van der Waals surface area contributed by atoms with Crippen molar-refractivity contribution in [2.45, 2.75) is 6.61 Å². The molecule has 0 radical (unpaired) electrons. The molecule has 0 saturated heterocycles. The van der Waals surface area contributed by atoms with Gasteiger partial charge in [-0.15, -0.1) is 0 Å². The van der Waals surface area contributed by atoms with Crippen LogP contribution in [0.15, 0.2) is 18.2 Å². The SMILES string of the molecule is OCc1cc2cc(F)c(I)cc2[nH]1. The first kappa shape index (κ1) is 8.96. The summed E-state index contributed by atoms with van der Waals surface area (Å²) in [5.41, 5.74) is 1.56. The molecule has 0 atom stereocenters. The topological polar surface area (TPSA) is 36.0 Å². The van der Waals surface area contributed by atoms with Gasteiger partial charge in [0.1, 0.15) is 5.82 Å². The third-order valence-electron chi connectivity index (χ3n) is 1.89. The lowest BCUT2D eigenvalue weighted by atomic mass is 10.2. The summed E-state index contributed by atoms with van der Waals surface area (Å²) in [6.45, 7) is -0.0487. The van der Waals surface area contributed by atoms with Gasteiger partial charge in [-0.3, -0.25) is 0 Å². The summed E-state index contributed by atoms with van der Waals surface area (Å²) >= 11 is 1.94. The van der Waals surface area contributed by atoms with Crippen molar-refractivity contribution < 1.29 is 9.50 Å². The maximum Gasteiger partial charge on any atom is 0.137 e. The van der Waals surface area contributed by atoms with Crippen LogP contribution >= 0.6 is 22.6 Å². The first-order valence-corrected chi connectivity index (χ1v) is 4.86. The van der Waals surface area contributed by atoms with Gasteiger partial charge in [-0.05, 0) is 40.8 Å². The molecular weight excluding hydrogens is 284 g/mol. The van der Waals surface area contributed by atoms with Gasteiger partial charge in [-0.2, -0.15) is 0 Å². The van der Waals surface area contributed by atoms with Gasteiger partial charge in [0.05, 0.1) is 10.2 Å². The van der Waals surface area contributed by atoms with E-state index in [2.05, 4.69) is 4.98 Å². The van der Waals surface area contributed by atoms with Gasteiger partial charge in [0, 0.05) is 16.6 Å². The Hall–Kier alpha value is -0.620. The van der Waals surface area contributed by atoms with Crippen molar-refractivity contribution in [2.24, 2.45) is 0 Å². The summed E-state index contributed by atoms with van der Waals surface area (Å²) in [7, 11) is 0. The summed E-state index contributed by atoms with van der Waals surface area (Å²) in [6.07, 6.45) is 0. The Balaban J connectivity index is 2.70. The molecule has 2 N–H and O–H groups in total. The second-order valence-corrected chi connectivity index (χ2v) is 3.97. The predicted molar refractivity (Wildman–Crippen MR) is 56.9 cm³/mol. The minimum absolute atomic E-state index is 0.0487. The first-order valence-electron chi connectivity index (χ1n) is 3.78. The van der Waals surface area contributed by atoms with Crippen molar-refractivity contribution in [1.29, 1.82) is 0 Å². The highest BCUT2D eigenvalue weighted by molar-refractivity contribution is 14.1. The van der Waals surface area contributed by atoms with E-state index in [9.17, 15) is 4.39 Å². The van der Waals surface area contributed by atoms with Crippen LogP contribution in [0.25, 0.3) is 10.9 Å². The van der Waals surface area contributed by atoms with Gasteiger partial charge < -0.3 is 10.1 Å². The lowest BCUT2D eigenvalue weighted by Crippen LogP contribution is -1.81. The number of aromatic nitrogens is 1. The number of aliphatic hydroxyl groups excluding tert-OH is 1. The molecule has 0 aliphatic rings. The van der Waals surface area contributed by atoms with Gasteiger partial charge in [-0.1, -0.05) is 0 Å². The zero-order chi connectivity index (χ0) is 9.42. The fourth-order valence-electron chi connectivity index (χ4n) is 1.27. The van der Waals surface area contributed by atoms with Crippen LogP contribution in [0, 0.1) is 9.39 Å². The Kier molecular flexibility index (Phi) is 2.25. The van der Waals surface area contributed by atoms with Crippen LogP contribution < -0.4 is 0 Å². The molecule has 2 aromatic rings. The van der Waals surface area contributed by atoms with Crippen molar-refractivity contribution in [1.82, 2.24) is 4.98 Å². The van der Waals surface area contributed by atoms with Gasteiger partial charge in [-0.25, -0.2) is 4.39 Å². The number of aliphatic hydroxyl groups is 1. The molecule has 0 fully saturated rings. The molecule has 1 aromatic carbocycles. The lowest BCUT2D eigenvalue weighted by molar-refractivity contribution is 0.278. The molecule has 0 aliphatic heterocycles. The molecule has 0 spiro atoms. The molecule has 0 bridgehead atoms. The molecule has 0 saturated carbocycles. The molecule has 13 heavy (non-hydrogen) atoms. The van der Waals surface area contributed by atoms with Crippen LogP contribution in [0.2, 0.25) is 0 Å². The van der Waals surface area contributed by atoms with Crippen LogP contribution in [0.5, 0.6) is 0 Å². The van der Waals surface area contributed by atoms with E-state index in [1.165, 1.54) is 6.07 Å². The van der Waals surface area contributed by atoms with Gasteiger partial charge in [0.25, 0.3) is 0 Å². The van der Waals surface area contributed by atoms with Crippen LogP contribution in [0.4, 0.5) is 4.39 Å². The summed E-state index contributed by atoms with van der Waals surface area (Å²) < 4.78 is 13.7. The number of aromatic amines is 1. The van der Waals surface area contributed by atoms with E-state index in [1.54, 1.807) is 12.1 Å². The normalized spacial score (nSPS) is 11.0. The van der Waals surface area contributed by atoms with Gasteiger partial charge in [0.15, 0.2) is 0 Å². The fourth-order valence-corrected chi connectivity index (χ4v) is 1.74. The van der Waals surface area contributed by atoms with E-state index in [0.29, 0.717) is 9.26 Å². The van der Waals surface area contributed by atoms with Crippen LogP contribution in [-0.2, 0) is 6.61 Å². The molecule has 4 heteroatoms. The summed E-state index contributed by atoms with van der Waals surface area (Å²) in [6, 6.07) is 4.94. The molecule has 2 nitrogen and oxygen atoms in total. The Morgan fingerprint density at radius 3 is 2.85 bits per heavy atom. The minimum Gasteiger partial charge on any atom is -0.390 e. The highest BCUT2D eigenvalue weighted by Gasteiger charge is 2.04. The summed E-state index contributed by atoms with van der Waals surface area (Å²) in [4.78, 5) is 2.99. The molecule has 1 aromatic heterocycles. The molecule has 0 amide bonds. The fraction of sp³-hybridized carbons (Fsp3) is 0.111. The average molecular weight is 291 g/mol. The van der Waals surface area contributed by atoms with Crippen molar-refractivity contribution >= 4 is 33.5 Å². The Labute approximate surface area is 87.9 Å². The second kappa shape index (κ2) is 3.26. The number of hydrogen-bond donors (Lipinski definition) is 2. The van der Waals surface area contributed by atoms with Crippen LogP contribution in [0.3, 0.4) is 0 Å². The molecule has 68 valence electrons. The van der Waals surface area contributed by atoms with E-state index in [-0.39, 0.29) is 12.4 Å². The largest absolute Gasteiger partial charge is 0.390 e. The Morgan fingerprint density at radius 2 is 2.15 bits per heavy atom. The number of H-pyrrole nitrogens is 1. The monoisotopic (exact) mass is 291 g/mol. The second-order valence-electron chi connectivity index (χ2n) is 2.81. The van der Waals surface area contributed by atoms with E-state index < -0.39 is 0 Å². The third-order valence-corrected chi connectivity index (χ3v) is 2.71. The quantitative estimate of drug-likeness (QED) is 0.778. The van der Waals surface area contributed by atoms with Crippen molar-refractivity contribution in [3.63, 3.8) is 0 Å². The predicted octanol–water partition coefficient (Wildman–Crippen LogP) is 2.40. The highest BCUT2D eigenvalue weighted by atomic mass is 127. The minimum atomic E-state index is -0.225. The van der Waals surface area contributed by atoms with Crippen molar-refractivity contribution in [2.75, 3.05) is 0 Å². The maximum atomic E-state index is 13.1. The van der Waals surface area contributed by atoms with Gasteiger partial charge in [0.2, 0.25) is 0 Å². The molecular formula is C9H7FINO. The van der Waals surface area contributed by atoms with E-state index in [0.717, 1.165) is 10.9 Å². The van der Waals surface area contributed by atoms with Crippen LogP contribution in [-0.4, -0.2) is 10.1 Å². The number of halogens is 2. The number of fused-ring (bicyclic) bond motifs is 1. The zero-order valence-corrected chi connectivity index (χ0v) is 8.80. The summed E-state index contributed by atoms with van der Waals surface area (Å²) in [5.74, 6) is -0.225. The van der Waals surface area contributed by atoms with E-state index >= 15 is 0 Å². The van der Waals surface area contributed by atoms with Crippen LogP contribution in [0.1, 0.15) is 5.69 Å². The maximum absolute atomic E-state index is 13.1. The zero-order valence-electron chi connectivity index (χ0n) is 6.64. The third kappa shape index (κ3) is 1.55. The Bertz CT molecular complexity index is 413. The molecule has 1 heterocycles. The standard InChI is InChI=1S/C9H7FINO/c10-7-2-5-1-6(4-13)12-9(5)3-8(7)11/h1-3,12-13H,4H2. The van der Waals surface area contributed by atoms with Crippen molar-refractivity contribution in [3.05, 3.63) is 33.3 Å². The van der Waals surface area contributed by atoms with E-state index in [4.69, 9.17) is 5.11 Å². The smallest absolute Gasteiger partial charge is 0.137 e. The average Bonchev–Trinajstić information content (AvgIpc) is 2.48. The highest BCUT2D eigenvalue weighted by Crippen LogP contribution is 2.21. The Morgan fingerprint density at radius 1 is 1.38 bits per heavy atom. The molecule has 0 unspecified atom stereocenters. The van der Waals surface area contributed by atoms with Crippen molar-refractivity contribution in [3.8, 4) is 0 Å². The number of hydrogen-bond acceptors (Lipinski definition) is 1. The first-order chi connectivity index (χ1) is 6.20. The molecule has 0 aliphatic carbocycles. The van der Waals surface area contributed by atoms with E-state index in [1.807, 2.05) is 22.6 Å². The molecule has 2 rings (SSSR count). The number of nitrogens with one attached hydrogen (secondary N) is 1. The van der Waals surface area contributed by atoms with Gasteiger partial charge >= 0.3 is 0 Å². The summed E-state index contributed by atoms with van der Waals surface area (Å²) in [5, 5.41) is 9.64. The number of benzene rings is 1.